The Bertz CT molecular complexity index is 694. The van der Waals surface area contributed by atoms with Crippen LogP contribution in [0, 0.1) is 0 Å². The van der Waals surface area contributed by atoms with E-state index in [2.05, 4.69) is 15.8 Å². The summed E-state index contributed by atoms with van der Waals surface area (Å²) in [6.45, 7) is 4.36. The zero-order valence-electron chi connectivity index (χ0n) is 15.2. The van der Waals surface area contributed by atoms with E-state index in [9.17, 15) is 14.4 Å². The zero-order valence-corrected chi connectivity index (χ0v) is 15.9. The average Bonchev–Trinajstić information content (AvgIpc) is 2.60. The summed E-state index contributed by atoms with van der Waals surface area (Å²) in [4.78, 5) is 33.9. The van der Waals surface area contributed by atoms with Gasteiger partial charge in [0.15, 0.2) is 6.61 Å². The molecule has 0 aliphatic heterocycles. The maximum Gasteiger partial charge on any atom is 0.329 e. The van der Waals surface area contributed by atoms with Gasteiger partial charge >= 0.3 is 11.8 Å². The van der Waals surface area contributed by atoms with Crippen molar-refractivity contribution >= 4 is 35.5 Å². The fraction of sp³-hybridized carbons (Fsp3) is 0.412. The number of amides is 3. The second-order valence-electron chi connectivity index (χ2n) is 5.67. The predicted octanol–water partition coefficient (Wildman–Crippen LogP) is 0.586. The summed E-state index contributed by atoms with van der Waals surface area (Å²) in [5.74, 6) is -2.00. The number of nitrogens with two attached hydrogens (primary N) is 1. The average molecular weight is 399 g/mol. The Balaban J connectivity index is 2.39. The first kappa shape index (κ1) is 22.4. The number of ether oxygens (including phenoxy) is 2. The van der Waals surface area contributed by atoms with Crippen molar-refractivity contribution in [3.05, 3.63) is 28.8 Å². The van der Waals surface area contributed by atoms with Crippen molar-refractivity contribution in [1.29, 1.82) is 0 Å². The summed E-state index contributed by atoms with van der Waals surface area (Å²) in [7, 11) is 0. The van der Waals surface area contributed by atoms with Gasteiger partial charge in [-0.15, -0.1) is 0 Å². The van der Waals surface area contributed by atoms with Crippen molar-refractivity contribution in [1.82, 2.24) is 10.7 Å². The van der Waals surface area contributed by atoms with Crippen LogP contribution in [0.25, 0.3) is 0 Å². The third-order valence-electron chi connectivity index (χ3n) is 2.97. The van der Waals surface area contributed by atoms with Gasteiger partial charge in [-0.1, -0.05) is 11.6 Å². The second kappa shape index (κ2) is 11.9. The summed E-state index contributed by atoms with van der Waals surface area (Å²) in [5, 5.41) is 6.40. The smallest absolute Gasteiger partial charge is 0.329 e. The van der Waals surface area contributed by atoms with Gasteiger partial charge in [-0.05, 0) is 44.0 Å². The minimum absolute atomic E-state index is 0.121. The monoisotopic (exact) mass is 398 g/mol. The topological polar surface area (TPSA) is 132 Å². The van der Waals surface area contributed by atoms with Crippen LogP contribution < -0.4 is 21.2 Å². The molecule has 0 bridgehead atoms. The number of benzene rings is 1. The van der Waals surface area contributed by atoms with E-state index in [1.807, 2.05) is 13.8 Å². The molecule has 1 aromatic carbocycles. The Morgan fingerprint density at radius 1 is 1.30 bits per heavy atom. The molecule has 27 heavy (non-hydrogen) atoms. The number of hydrogen-bond donors (Lipinski definition) is 3. The molecular formula is C17H23ClN4O5. The number of primary amides is 1. The lowest BCUT2D eigenvalue weighted by atomic mass is 10.2. The van der Waals surface area contributed by atoms with E-state index < -0.39 is 17.7 Å². The van der Waals surface area contributed by atoms with Crippen molar-refractivity contribution < 1.29 is 23.9 Å². The number of hydrogen-bond acceptors (Lipinski definition) is 6. The van der Waals surface area contributed by atoms with Gasteiger partial charge in [0, 0.05) is 13.2 Å². The van der Waals surface area contributed by atoms with Crippen LogP contribution in [0.5, 0.6) is 5.75 Å². The van der Waals surface area contributed by atoms with Crippen LogP contribution in [0.15, 0.2) is 23.3 Å². The van der Waals surface area contributed by atoms with Crippen LogP contribution in [-0.4, -0.2) is 49.8 Å². The van der Waals surface area contributed by atoms with Crippen LogP contribution in [-0.2, 0) is 19.1 Å². The maximum absolute atomic E-state index is 11.6. The van der Waals surface area contributed by atoms with Gasteiger partial charge in [0.05, 0.1) is 17.3 Å². The van der Waals surface area contributed by atoms with Crippen molar-refractivity contribution in [2.24, 2.45) is 10.8 Å². The molecule has 0 heterocycles. The van der Waals surface area contributed by atoms with Gasteiger partial charge in [-0.2, -0.15) is 5.10 Å². The molecular weight excluding hydrogens is 376 g/mol. The Morgan fingerprint density at radius 3 is 2.67 bits per heavy atom. The molecule has 0 aliphatic rings. The van der Waals surface area contributed by atoms with Crippen LogP contribution in [0.1, 0.15) is 25.8 Å². The molecule has 0 saturated heterocycles. The summed E-state index contributed by atoms with van der Waals surface area (Å²) in [5.41, 5.74) is 7.66. The molecule has 0 spiro atoms. The van der Waals surface area contributed by atoms with E-state index in [0.717, 1.165) is 0 Å². The Labute approximate surface area is 162 Å². The normalized spacial score (nSPS) is 10.8. The summed E-state index contributed by atoms with van der Waals surface area (Å²) in [6, 6.07) is 4.65. The van der Waals surface area contributed by atoms with Gasteiger partial charge in [0.25, 0.3) is 5.91 Å². The highest BCUT2D eigenvalue weighted by Crippen LogP contribution is 2.24. The van der Waals surface area contributed by atoms with Crippen LogP contribution in [0.3, 0.4) is 0 Å². The van der Waals surface area contributed by atoms with Gasteiger partial charge in [-0.25, -0.2) is 5.43 Å². The van der Waals surface area contributed by atoms with Crippen molar-refractivity contribution in [2.75, 3.05) is 19.8 Å². The molecule has 0 aliphatic carbocycles. The van der Waals surface area contributed by atoms with E-state index in [0.29, 0.717) is 25.1 Å². The zero-order chi connectivity index (χ0) is 20.2. The van der Waals surface area contributed by atoms with Crippen molar-refractivity contribution in [3.63, 3.8) is 0 Å². The van der Waals surface area contributed by atoms with Gasteiger partial charge in [0.2, 0.25) is 0 Å². The van der Waals surface area contributed by atoms with E-state index >= 15 is 0 Å². The number of carbonyl (C=O) groups excluding carboxylic acids is 3. The molecule has 0 fully saturated rings. The Morgan fingerprint density at radius 2 is 2.04 bits per heavy atom. The lowest BCUT2D eigenvalue weighted by Crippen LogP contribution is -2.38. The molecule has 0 atom stereocenters. The fourth-order valence-electron chi connectivity index (χ4n) is 1.75. The SMILES string of the molecule is CC(C)OCCCNC(=O)C(=O)N/N=C\c1ccc(OCC(N)=O)c(Cl)c1. The quantitative estimate of drug-likeness (QED) is 0.229. The summed E-state index contributed by atoms with van der Waals surface area (Å²) >= 11 is 6.01. The van der Waals surface area contributed by atoms with E-state index in [4.69, 9.17) is 26.8 Å². The van der Waals surface area contributed by atoms with Crippen LogP contribution in [0.2, 0.25) is 5.02 Å². The summed E-state index contributed by atoms with van der Waals surface area (Å²) in [6.07, 6.45) is 2.03. The first-order valence-corrected chi connectivity index (χ1v) is 8.61. The van der Waals surface area contributed by atoms with Crippen LogP contribution >= 0.6 is 11.6 Å². The fourth-order valence-corrected chi connectivity index (χ4v) is 2.00. The number of nitrogens with zero attached hydrogens (tertiary/aromatic N) is 1. The minimum atomic E-state index is -0.886. The largest absolute Gasteiger partial charge is 0.482 e. The van der Waals surface area contributed by atoms with Crippen molar-refractivity contribution in [2.45, 2.75) is 26.4 Å². The number of hydrazone groups is 1. The predicted molar refractivity (Wildman–Crippen MR) is 101 cm³/mol. The molecule has 0 saturated carbocycles. The standard InChI is InChI=1S/C17H23ClN4O5/c1-11(2)26-7-3-6-20-16(24)17(25)22-21-9-12-4-5-14(13(18)8-12)27-10-15(19)23/h4-5,8-9,11H,3,6-7,10H2,1-2H3,(H2,19,23)(H,20,24)(H,22,25)/b21-9-. The van der Waals surface area contributed by atoms with Gasteiger partial charge in [0.1, 0.15) is 5.75 Å². The molecule has 3 amide bonds. The van der Waals surface area contributed by atoms with Gasteiger partial charge in [-0.3, -0.25) is 14.4 Å². The molecule has 148 valence electrons. The molecule has 1 aromatic rings. The second-order valence-corrected chi connectivity index (χ2v) is 6.08. The number of carbonyl (C=O) groups is 3. The highest BCUT2D eigenvalue weighted by Gasteiger charge is 2.11. The van der Waals surface area contributed by atoms with E-state index in [1.54, 1.807) is 6.07 Å². The molecule has 0 radical (unpaired) electrons. The third-order valence-corrected chi connectivity index (χ3v) is 3.27. The van der Waals surface area contributed by atoms with E-state index in [-0.39, 0.29) is 23.5 Å². The highest BCUT2D eigenvalue weighted by molar-refractivity contribution is 6.35. The molecule has 1 rings (SSSR count). The molecule has 0 unspecified atom stereocenters. The van der Waals surface area contributed by atoms with Crippen molar-refractivity contribution in [3.8, 4) is 5.75 Å². The first-order chi connectivity index (χ1) is 12.8. The maximum atomic E-state index is 11.6. The Kier molecular flexibility index (Phi) is 9.84. The molecule has 10 heteroatoms. The molecule has 9 nitrogen and oxygen atoms in total. The molecule has 0 aromatic heterocycles. The lowest BCUT2D eigenvalue weighted by Gasteiger charge is -2.07. The van der Waals surface area contributed by atoms with Crippen LogP contribution in [0.4, 0.5) is 0 Å². The summed E-state index contributed by atoms with van der Waals surface area (Å²) < 4.78 is 10.4. The number of rotatable bonds is 10. The minimum Gasteiger partial charge on any atom is -0.482 e. The first-order valence-electron chi connectivity index (χ1n) is 8.23. The lowest BCUT2D eigenvalue weighted by molar-refractivity contribution is -0.139. The number of nitrogens with one attached hydrogen (secondary N) is 2. The highest BCUT2D eigenvalue weighted by atomic mass is 35.5. The van der Waals surface area contributed by atoms with Gasteiger partial charge < -0.3 is 20.5 Å². The van der Waals surface area contributed by atoms with E-state index in [1.165, 1.54) is 18.3 Å². The Hall–Kier alpha value is -2.65. The third kappa shape index (κ3) is 9.57. The number of halogens is 1. The molecule has 4 N–H and O–H groups in total.